The fraction of sp³-hybridized carbons (Fsp3) is 0.500. The van der Waals surface area contributed by atoms with Crippen LogP contribution in [0.15, 0.2) is 18.2 Å². The fourth-order valence-corrected chi connectivity index (χ4v) is 5.20. The quantitative estimate of drug-likeness (QED) is 0.637. The molecule has 1 aromatic heterocycles. The Morgan fingerprint density at radius 2 is 1.94 bits per heavy atom. The average Bonchev–Trinajstić information content (AvgIpc) is 3.29. The van der Waals surface area contributed by atoms with Crippen LogP contribution in [0.25, 0.3) is 0 Å². The van der Waals surface area contributed by atoms with Crippen LogP contribution in [0.1, 0.15) is 51.9 Å². The Hall–Kier alpha value is -3.11. The van der Waals surface area contributed by atoms with Crippen LogP contribution in [0, 0.1) is 0 Å². The second-order valence-corrected chi connectivity index (χ2v) is 9.04. The van der Waals surface area contributed by atoms with E-state index < -0.39 is 6.04 Å². The van der Waals surface area contributed by atoms with Gasteiger partial charge in [-0.15, -0.1) is 10.2 Å². The third-order valence-corrected chi connectivity index (χ3v) is 7.04. The predicted molar refractivity (Wildman–Crippen MR) is 112 cm³/mol. The van der Waals surface area contributed by atoms with Gasteiger partial charge in [0.1, 0.15) is 17.7 Å². The van der Waals surface area contributed by atoms with Crippen molar-refractivity contribution < 1.29 is 14.4 Å². The summed E-state index contributed by atoms with van der Waals surface area (Å²) in [6.07, 6.45) is 0.636. The largest absolute Gasteiger partial charge is 0.322 e. The fourth-order valence-electron chi connectivity index (χ4n) is 5.20. The van der Waals surface area contributed by atoms with Gasteiger partial charge < -0.3 is 14.8 Å². The molecule has 1 aromatic carbocycles. The lowest BCUT2D eigenvalue weighted by Gasteiger charge is -2.31. The van der Waals surface area contributed by atoms with Crippen LogP contribution in [0.4, 0.5) is 0 Å². The van der Waals surface area contributed by atoms with Crippen molar-refractivity contribution in [3.05, 3.63) is 46.5 Å². The summed E-state index contributed by atoms with van der Waals surface area (Å²) < 4.78 is 2.24. The van der Waals surface area contributed by atoms with Gasteiger partial charge in [-0.1, -0.05) is 18.2 Å². The van der Waals surface area contributed by atoms with Crippen molar-refractivity contribution >= 4 is 17.7 Å². The van der Waals surface area contributed by atoms with Gasteiger partial charge in [-0.25, -0.2) is 0 Å². The first-order chi connectivity index (χ1) is 15.6. The van der Waals surface area contributed by atoms with E-state index >= 15 is 0 Å². The van der Waals surface area contributed by atoms with Crippen molar-refractivity contribution in [2.45, 2.75) is 51.0 Å². The molecule has 1 atom stereocenters. The van der Waals surface area contributed by atoms with E-state index in [4.69, 9.17) is 0 Å². The minimum Gasteiger partial charge on any atom is -0.322 e. The molecule has 5 heterocycles. The zero-order chi connectivity index (χ0) is 21.8. The Kier molecular flexibility index (Phi) is 4.58. The molecule has 166 valence electrons. The number of hydrogen-bond acceptors (Lipinski definition) is 7. The summed E-state index contributed by atoms with van der Waals surface area (Å²) >= 11 is 0. The monoisotopic (exact) mass is 435 g/mol. The van der Waals surface area contributed by atoms with E-state index in [9.17, 15) is 14.4 Å². The number of amides is 3. The van der Waals surface area contributed by atoms with Gasteiger partial charge >= 0.3 is 0 Å². The zero-order valence-corrected chi connectivity index (χ0v) is 17.7. The maximum absolute atomic E-state index is 13.3. The molecule has 0 saturated carbocycles. The lowest BCUT2D eigenvalue weighted by molar-refractivity contribution is -0.136. The highest BCUT2D eigenvalue weighted by molar-refractivity contribution is 6.05. The molecule has 0 aliphatic carbocycles. The van der Waals surface area contributed by atoms with Crippen LogP contribution in [0.2, 0.25) is 0 Å². The van der Waals surface area contributed by atoms with Crippen molar-refractivity contribution in [3.63, 3.8) is 0 Å². The molecule has 6 rings (SSSR count). The number of nitrogens with zero attached hydrogens (tertiary/aromatic N) is 5. The number of benzene rings is 1. The van der Waals surface area contributed by atoms with Crippen molar-refractivity contribution in [3.8, 4) is 0 Å². The summed E-state index contributed by atoms with van der Waals surface area (Å²) in [5.74, 6) is 1.74. The molecule has 32 heavy (non-hydrogen) atoms. The molecule has 0 bridgehead atoms. The topological polar surface area (TPSA) is 112 Å². The molecular weight excluding hydrogens is 410 g/mol. The van der Waals surface area contributed by atoms with Crippen LogP contribution < -0.4 is 10.6 Å². The summed E-state index contributed by atoms with van der Waals surface area (Å²) in [5.41, 5.74) is 2.61. The first-order valence-corrected chi connectivity index (χ1v) is 11.2. The van der Waals surface area contributed by atoms with E-state index in [0.717, 1.165) is 49.0 Å². The number of carbonyl (C=O) groups is 3. The minimum atomic E-state index is -0.589. The van der Waals surface area contributed by atoms with Gasteiger partial charge in [-0.2, -0.15) is 0 Å². The standard InChI is InChI=1S/C22H25N7O3/c30-18-5-4-16(21(31)24-18)29-11-14-3-1-2-13(19(14)22(29)32)10-27-6-7-28-17(12-27)25-26-20(28)15-8-23-9-15/h1-3,15-16,23H,4-12H2,(H,24,30,31). The van der Waals surface area contributed by atoms with E-state index in [1.54, 1.807) is 4.90 Å². The summed E-state index contributed by atoms with van der Waals surface area (Å²) in [4.78, 5) is 41.1. The maximum Gasteiger partial charge on any atom is 0.255 e. The smallest absolute Gasteiger partial charge is 0.255 e. The van der Waals surface area contributed by atoms with E-state index in [1.165, 1.54) is 0 Å². The molecule has 3 amide bonds. The molecule has 1 unspecified atom stereocenters. The Balaban J connectivity index is 1.20. The zero-order valence-electron chi connectivity index (χ0n) is 17.7. The molecule has 10 heteroatoms. The van der Waals surface area contributed by atoms with Gasteiger partial charge in [0.2, 0.25) is 11.8 Å². The van der Waals surface area contributed by atoms with Crippen LogP contribution in [-0.2, 0) is 35.8 Å². The Labute approximate surface area is 185 Å². The highest BCUT2D eigenvalue weighted by Crippen LogP contribution is 2.31. The molecule has 4 aliphatic rings. The number of imide groups is 1. The number of carbonyl (C=O) groups excluding carboxylic acids is 3. The molecule has 2 saturated heterocycles. The number of hydrogen-bond donors (Lipinski definition) is 2. The SMILES string of the molecule is O=C1CCC(N2Cc3cccc(CN4CCn5c(nnc5C5CNC5)C4)c3C2=O)C(=O)N1. The highest BCUT2D eigenvalue weighted by atomic mass is 16.2. The van der Waals surface area contributed by atoms with Gasteiger partial charge in [0.15, 0.2) is 0 Å². The van der Waals surface area contributed by atoms with Crippen molar-refractivity contribution in [2.75, 3.05) is 19.6 Å². The second-order valence-electron chi connectivity index (χ2n) is 9.04. The van der Waals surface area contributed by atoms with E-state index in [1.807, 2.05) is 18.2 Å². The lowest BCUT2D eigenvalue weighted by atomic mass is 10.0. The summed E-state index contributed by atoms with van der Waals surface area (Å²) in [6.45, 7) is 5.38. The minimum absolute atomic E-state index is 0.120. The third-order valence-electron chi connectivity index (χ3n) is 7.04. The summed E-state index contributed by atoms with van der Waals surface area (Å²) in [7, 11) is 0. The second kappa shape index (κ2) is 7.49. The van der Waals surface area contributed by atoms with E-state index in [-0.39, 0.29) is 24.1 Å². The van der Waals surface area contributed by atoms with E-state index in [0.29, 0.717) is 37.5 Å². The predicted octanol–water partition coefficient (Wildman–Crippen LogP) is -0.258. The number of piperidine rings is 1. The molecule has 2 aromatic rings. The van der Waals surface area contributed by atoms with Crippen LogP contribution >= 0.6 is 0 Å². The number of rotatable bonds is 4. The molecule has 2 N–H and O–H groups in total. The van der Waals surface area contributed by atoms with Gasteiger partial charge in [0, 0.05) is 57.2 Å². The first kappa shape index (κ1) is 19.6. The van der Waals surface area contributed by atoms with Crippen LogP contribution in [0.3, 0.4) is 0 Å². The van der Waals surface area contributed by atoms with Crippen LogP contribution in [0.5, 0.6) is 0 Å². The molecule has 2 fully saturated rings. The highest BCUT2D eigenvalue weighted by Gasteiger charge is 2.40. The van der Waals surface area contributed by atoms with Gasteiger partial charge in [0.05, 0.1) is 6.54 Å². The number of nitrogens with one attached hydrogen (secondary N) is 2. The van der Waals surface area contributed by atoms with Crippen LogP contribution in [-0.4, -0.2) is 68.0 Å². The molecule has 0 radical (unpaired) electrons. The Morgan fingerprint density at radius 1 is 1.06 bits per heavy atom. The average molecular weight is 435 g/mol. The van der Waals surface area contributed by atoms with E-state index in [2.05, 4.69) is 30.3 Å². The van der Waals surface area contributed by atoms with Crippen molar-refractivity contribution in [1.82, 2.24) is 35.2 Å². The maximum atomic E-state index is 13.3. The van der Waals surface area contributed by atoms with Gasteiger partial charge in [-0.3, -0.25) is 24.6 Å². The van der Waals surface area contributed by atoms with Crippen molar-refractivity contribution in [1.29, 1.82) is 0 Å². The molecule has 4 aliphatic heterocycles. The lowest BCUT2D eigenvalue weighted by Crippen LogP contribution is -2.52. The van der Waals surface area contributed by atoms with Gasteiger partial charge in [0.25, 0.3) is 5.91 Å². The molecule has 10 nitrogen and oxygen atoms in total. The summed E-state index contributed by atoms with van der Waals surface area (Å²) in [5, 5.41) is 14.5. The summed E-state index contributed by atoms with van der Waals surface area (Å²) in [6, 6.07) is 5.33. The first-order valence-electron chi connectivity index (χ1n) is 11.2. The third kappa shape index (κ3) is 3.13. The normalized spacial score (nSPS) is 23.7. The number of aromatic nitrogens is 3. The van der Waals surface area contributed by atoms with Gasteiger partial charge in [-0.05, 0) is 17.5 Å². The Bertz CT molecular complexity index is 1120. The molecular formula is C22H25N7O3. The Morgan fingerprint density at radius 3 is 2.72 bits per heavy atom. The number of fused-ring (bicyclic) bond motifs is 2. The molecule has 0 spiro atoms. The van der Waals surface area contributed by atoms with Crippen molar-refractivity contribution in [2.24, 2.45) is 0 Å².